The van der Waals surface area contributed by atoms with Crippen molar-refractivity contribution in [2.24, 2.45) is 0 Å². The Labute approximate surface area is 149 Å². The summed E-state index contributed by atoms with van der Waals surface area (Å²) in [6, 6.07) is 9.61. The number of likely N-dealkylation sites (tertiary alicyclic amines) is 1. The molecule has 4 rings (SSSR count). The van der Waals surface area contributed by atoms with Gasteiger partial charge in [0.25, 0.3) is 0 Å². The first-order valence-corrected chi connectivity index (χ1v) is 8.63. The van der Waals surface area contributed by atoms with Gasteiger partial charge in [0.2, 0.25) is 11.8 Å². The fourth-order valence-corrected chi connectivity index (χ4v) is 3.20. The van der Waals surface area contributed by atoms with Crippen molar-refractivity contribution < 1.29 is 9.53 Å². The van der Waals surface area contributed by atoms with Gasteiger partial charge in [0, 0.05) is 24.8 Å². The standard InChI is InChI=1S/C18H19N5O3/c1-2-15(24)23-8-7-12(10-23)26-17-13-6-4-3-5-11(13)9-14(19-17)16-20-18(25)22-21-16/h3-6,9,12H,2,7-8,10H2,1H3,(H2,20,21,22,25)/t12-/m0/s1. The van der Waals surface area contributed by atoms with Crippen LogP contribution in [-0.2, 0) is 4.79 Å². The molecule has 0 bridgehead atoms. The highest BCUT2D eigenvalue weighted by Gasteiger charge is 2.27. The van der Waals surface area contributed by atoms with E-state index in [-0.39, 0.29) is 17.7 Å². The predicted octanol–water partition coefficient (Wildman–Crippen LogP) is 1.70. The number of carbonyl (C=O) groups is 1. The Morgan fingerprint density at radius 1 is 1.38 bits per heavy atom. The number of hydrogen-bond acceptors (Lipinski definition) is 5. The Balaban J connectivity index is 1.67. The molecule has 3 heterocycles. The highest BCUT2D eigenvalue weighted by atomic mass is 16.5. The minimum Gasteiger partial charge on any atom is -0.472 e. The number of aromatic amines is 2. The number of aromatic nitrogens is 4. The Bertz CT molecular complexity index is 1010. The maximum Gasteiger partial charge on any atom is 0.340 e. The van der Waals surface area contributed by atoms with Crippen LogP contribution in [0.3, 0.4) is 0 Å². The fraction of sp³-hybridized carbons (Fsp3) is 0.333. The first kappa shape index (κ1) is 16.3. The second-order valence-electron chi connectivity index (χ2n) is 6.28. The number of nitrogens with one attached hydrogen (secondary N) is 2. The zero-order chi connectivity index (χ0) is 18.1. The maximum absolute atomic E-state index is 11.9. The Kier molecular flexibility index (Phi) is 4.16. The molecule has 1 amide bonds. The number of fused-ring (bicyclic) bond motifs is 1. The Morgan fingerprint density at radius 2 is 2.23 bits per heavy atom. The second kappa shape index (κ2) is 6.62. The van der Waals surface area contributed by atoms with Gasteiger partial charge in [0.1, 0.15) is 11.8 Å². The molecule has 2 N–H and O–H groups in total. The lowest BCUT2D eigenvalue weighted by Crippen LogP contribution is -2.30. The Hall–Kier alpha value is -3.16. The lowest BCUT2D eigenvalue weighted by molar-refractivity contribution is -0.130. The number of ether oxygens (including phenoxy) is 1. The van der Waals surface area contributed by atoms with Crippen molar-refractivity contribution in [3.8, 4) is 17.4 Å². The summed E-state index contributed by atoms with van der Waals surface area (Å²) in [4.78, 5) is 32.2. The lowest BCUT2D eigenvalue weighted by atomic mass is 10.1. The third-order valence-electron chi connectivity index (χ3n) is 4.53. The minimum atomic E-state index is -0.387. The maximum atomic E-state index is 11.9. The predicted molar refractivity (Wildman–Crippen MR) is 95.8 cm³/mol. The summed E-state index contributed by atoms with van der Waals surface area (Å²) in [6.07, 6.45) is 1.16. The number of H-pyrrole nitrogens is 2. The molecule has 3 aromatic rings. The highest BCUT2D eigenvalue weighted by molar-refractivity contribution is 5.89. The zero-order valence-electron chi connectivity index (χ0n) is 14.4. The number of rotatable bonds is 4. The van der Waals surface area contributed by atoms with Gasteiger partial charge in [-0.2, -0.15) is 5.10 Å². The molecule has 8 heteroatoms. The van der Waals surface area contributed by atoms with Crippen LogP contribution < -0.4 is 10.4 Å². The zero-order valence-corrected chi connectivity index (χ0v) is 14.4. The van der Waals surface area contributed by atoms with Crippen LogP contribution in [0, 0.1) is 0 Å². The van der Waals surface area contributed by atoms with E-state index in [1.54, 1.807) is 0 Å². The Morgan fingerprint density at radius 3 is 3.00 bits per heavy atom. The van der Waals surface area contributed by atoms with Gasteiger partial charge in [-0.15, -0.1) is 0 Å². The van der Waals surface area contributed by atoms with Gasteiger partial charge >= 0.3 is 5.69 Å². The van der Waals surface area contributed by atoms with Crippen molar-refractivity contribution >= 4 is 16.7 Å². The summed E-state index contributed by atoms with van der Waals surface area (Å²) in [5.41, 5.74) is 0.137. The molecular weight excluding hydrogens is 334 g/mol. The van der Waals surface area contributed by atoms with E-state index in [1.807, 2.05) is 42.2 Å². The van der Waals surface area contributed by atoms with E-state index in [1.165, 1.54) is 0 Å². The number of benzene rings is 1. The summed E-state index contributed by atoms with van der Waals surface area (Å²) in [5, 5.41) is 8.12. The van der Waals surface area contributed by atoms with Gasteiger partial charge in [-0.3, -0.25) is 9.78 Å². The van der Waals surface area contributed by atoms with Gasteiger partial charge in [-0.05, 0) is 17.5 Å². The van der Waals surface area contributed by atoms with Crippen LogP contribution in [0.25, 0.3) is 22.3 Å². The van der Waals surface area contributed by atoms with Crippen molar-refractivity contribution in [1.82, 2.24) is 25.1 Å². The number of carbonyl (C=O) groups excluding carboxylic acids is 1. The van der Waals surface area contributed by atoms with Crippen molar-refractivity contribution in [3.63, 3.8) is 0 Å². The highest BCUT2D eigenvalue weighted by Crippen LogP contribution is 2.29. The van der Waals surface area contributed by atoms with Crippen LogP contribution >= 0.6 is 0 Å². The molecule has 2 aromatic heterocycles. The smallest absolute Gasteiger partial charge is 0.340 e. The summed E-state index contributed by atoms with van der Waals surface area (Å²) in [7, 11) is 0. The molecule has 1 atom stereocenters. The molecule has 0 saturated carbocycles. The van der Waals surface area contributed by atoms with E-state index >= 15 is 0 Å². The largest absolute Gasteiger partial charge is 0.472 e. The molecule has 8 nitrogen and oxygen atoms in total. The SMILES string of the molecule is CCC(=O)N1CC[C@H](Oc2nc(-c3n[nH]c(=O)[nH]3)cc3ccccc23)C1. The molecule has 0 aliphatic carbocycles. The third-order valence-corrected chi connectivity index (χ3v) is 4.53. The average molecular weight is 353 g/mol. The summed E-state index contributed by atoms with van der Waals surface area (Å²) in [6.45, 7) is 3.12. The minimum absolute atomic E-state index is 0.102. The van der Waals surface area contributed by atoms with E-state index < -0.39 is 0 Å². The van der Waals surface area contributed by atoms with Crippen LogP contribution in [0.5, 0.6) is 5.88 Å². The van der Waals surface area contributed by atoms with Crippen molar-refractivity contribution in [2.75, 3.05) is 13.1 Å². The van der Waals surface area contributed by atoms with Crippen LogP contribution in [0.2, 0.25) is 0 Å². The van der Waals surface area contributed by atoms with Gasteiger partial charge in [0.05, 0.1) is 6.54 Å². The van der Waals surface area contributed by atoms with Crippen LogP contribution in [-0.4, -0.2) is 50.2 Å². The molecule has 1 aliphatic heterocycles. The van der Waals surface area contributed by atoms with Crippen LogP contribution in [0.4, 0.5) is 0 Å². The number of pyridine rings is 1. The van der Waals surface area contributed by atoms with E-state index in [2.05, 4.69) is 20.2 Å². The number of nitrogens with zero attached hydrogens (tertiary/aromatic N) is 3. The average Bonchev–Trinajstić information content (AvgIpc) is 3.30. The monoisotopic (exact) mass is 353 g/mol. The van der Waals surface area contributed by atoms with Crippen LogP contribution in [0.15, 0.2) is 35.1 Å². The van der Waals surface area contributed by atoms with Gasteiger partial charge < -0.3 is 9.64 Å². The quantitative estimate of drug-likeness (QED) is 0.743. The molecule has 134 valence electrons. The molecule has 26 heavy (non-hydrogen) atoms. The van der Waals surface area contributed by atoms with E-state index in [4.69, 9.17) is 4.74 Å². The molecule has 0 unspecified atom stereocenters. The first-order chi connectivity index (χ1) is 12.6. The molecular formula is C18H19N5O3. The summed E-state index contributed by atoms with van der Waals surface area (Å²) < 4.78 is 6.15. The molecule has 0 spiro atoms. The first-order valence-electron chi connectivity index (χ1n) is 8.63. The van der Waals surface area contributed by atoms with Gasteiger partial charge in [-0.1, -0.05) is 25.1 Å². The van der Waals surface area contributed by atoms with Gasteiger partial charge in [-0.25, -0.2) is 14.9 Å². The molecule has 0 radical (unpaired) electrons. The summed E-state index contributed by atoms with van der Waals surface area (Å²) in [5.74, 6) is 0.981. The lowest BCUT2D eigenvalue weighted by Gasteiger charge is -2.17. The molecule has 1 fully saturated rings. The normalized spacial score (nSPS) is 17.0. The molecule has 1 aliphatic rings. The van der Waals surface area contributed by atoms with Crippen molar-refractivity contribution in [2.45, 2.75) is 25.9 Å². The van der Waals surface area contributed by atoms with E-state index in [0.29, 0.717) is 36.9 Å². The van der Waals surface area contributed by atoms with E-state index in [0.717, 1.165) is 17.2 Å². The van der Waals surface area contributed by atoms with Crippen molar-refractivity contribution in [1.29, 1.82) is 0 Å². The van der Waals surface area contributed by atoms with Crippen LogP contribution in [0.1, 0.15) is 19.8 Å². The molecule has 1 saturated heterocycles. The van der Waals surface area contributed by atoms with Crippen molar-refractivity contribution in [3.05, 3.63) is 40.8 Å². The molecule has 1 aromatic carbocycles. The van der Waals surface area contributed by atoms with Gasteiger partial charge in [0.15, 0.2) is 5.82 Å². The van der Waals surface area contributed by atoms with E-state index in [9.17, 15) is 9.59 Å². The summed E-state index contributed by atoms with van der Waals surface area (Å²) >= 11 is 0. The number of amides is 1. The topological polar surface area (TPSA) is 104 Å². The second-order valence-corrected chi connectivity index (χ2v) is 6.28. The number of hydrogen-bond donors (Lipinski definition) is 2. The fourth-order valence-electron chi connectivity index (χ4n) is 3.20. The third kappa shape index (κ3) is 3.05.